The highest BCUT2D eigenvalue weighted by atomic mass is 19.1. The number of aryl methyl sites for hydroxylation is 2. The number of nitrogens with one attached hydrogen (secondary N) is 1. The summed E-state index contributed by atoms with van der Waals surface area (Å²) in [6.07, 6.45) is 2.61. The second-order valence-corrected chi connectivity index (χ2v) is 7.45. The molecule has 1 aliphatic heterocycles. The summed E-state index contributed by atoms with van der Waals surface area (Å²) in [5.41, 5.74) is 4.93. The fourth-order valence-corrected chi connectivity index (χ4v) is 3.81. The van der Waals surface area contributed by atoms with Crippen LogP contribution in [-0.4, -0.2) is 41.0 Å². The van der Waals surface area contributed by atoms with Gasteiger partial charge in [0.25, 0.3) is 0 Å². The Hall–Kier alpha value is -2.57. The maximum Gasteiger partial charge on any atom is 0.159 e. The SMILES string of the molecule is CC(=O)c1cc(C)c(-c2nc3cc(C)ccn3c2CC2CNCCO2)c(F)c1. The predicted octanol–water partition coefficient (Wildman–Crippen LogP) is 3.49. The van der Waals surface area contributed by atoms with Gasteiger partial charge in [-0.2, -0.15) is 0 Å². The van der Waals surface area contributed by atoms with E-state index in [1.807, 2.05) is 36.6 Å². The van der Waals surface area contributed by atoms with Crippen LogP contribution in [0, 0.1) is 19.7 Å². The summed E-state index contributed by atoms with van der Waals surface area (Å²) in [5.74, 6) is -0.574. The van der Waals surface area contributed by atoms with Crippen molar-refractivity contribution in [3.8, 4) is 11.3 Å². The van der Waals surface area contributed by atoms with E-state index in [9.17, 15) is 4.79 Å². The molecule has 2 aromatic heterocycles. The summed E-state index contributed by atoms with van der Waals surface area (Å²) in [6, 6.07) is 7.05. The third-order valence-corrected chi connectivity index (χ3v) is 5.24. The first-order valence-corrected chi connectivity index (χ1v) is 9.55. The van der Waals surface area contributed by atoms with Crippen molar-refractivity contribution < 1.29 is 13.9 Å². The lowest BCUT2D eigenvalue weighted by atomic mass is 9.97. The number of Topliss-reactive ketones (excluding diaryl/α,β-unsaturated/α-hetero) is 1. The van der Waals surface area contributed by atoms with Gasteiger partial charge >= 0.3 is 0 Å². The summed E-state index contributed by atoms with van der Waals surface area (Å²) in [7, 11) is 0. The summed E-state index contributed by atoms with van der Waals surface area (Å²) in [4.78, 5) is 16.5. The Morgan fingerprint density at radius 2 is 2.18 bits per heavy atom. The van der Waals surface area contributed by atoms with Gasteiger partial charge in [0, 0.05) is 36.8 Å². The zero-order chi connectivity index (χ0) is 19.8. The molecule has 6 heteroatoms. The average Bonchev–Trinajstić information content (AvgIpc) is 2.99. The van der Waals surface area contributed by atoms with Gasteiger partial charge in [0.05, 0.1) is 24.1 Å². The molecule has 0 saturated carbocycles. The highest BCUT2D eigenvalue weighted by Gasteiger charge is 2.24. The molecule has 3 heterocycles. The van der Waals surface area contributed by atoms with Gasteiger partial charge in [0.2, 0.25) is 0 Å². The minimum atomic E-state index is -0.422. The van der Waals surface area contributed by atoms with E-state index in [-0.39, 0.29) is 11.9 Å². The Bertz CT molecular complexity index is 1030. The molecule has 1 aromatic carbocycles. The first-order valence-electron chi connectivity index (χ1n) is 9.55. The average molecular weight is 381 g/mol. The maximum absolute atomic E-state index is 15.1. The van der Waals surface area contributed by atoms with E-state index in [1.165, 1.54) is 13.0 Å². The topological polar surface area (TPSA) is 55.6 Å². The zero-order valence-corrected chi connectivity index (χ0v) is 16.4. The molecule has 5 nitrogen and oxygen atoms in total. The van der Waals surface area contributed by atoms with Gasteiger partial charge < -0.3 is 14.5 Å². The molecular weight excluding hydrogens is 357 g/mol. The molecule has 4 rings (SSSR count). The Labute approximate surface area is 163 Å². The summed E-state index contributed by atoms with van der Waals surface area (Å²) >= 11 is 0. The van der Waals surface area contributed by atoms with Gasteiger partial charge in [0.1, 0.15) is 11.5 Å². The number of carbonyl (C=O) groups is 1. The highest BCUT2D eigenvalue weighted by molar-refractivity contribution is 5.95. The minimum absolute atomic E-state index is 0.00793. The van der Waals surface area contributed by atoms with Gasteiger partial charge in [-0.15, -0.1) is 0 Å². The number of nitrogens with zero attached hydrogens (tertiary/aromatic N) is 2. The first-order chi connectivity index (χ1) is 13.4. The van der Waals surface area contributed by atoms with Crippen LogP contribution in [0.5, 0.6) is 0 Å². The number of halogens is 1. The van der Waals surface area contributed by atoms with Crippen LogP contribution in [0.3, 0.4) is 0 Å². The molecule has 3 aromatic rings. The van der Waals surface area contributed by atoms with E-state index >= 15 is 4.39 Å². The number of hydrogen-bond donors (Lipinski definition) is 1. The minimum Gasteiger partial charge on any atom is -0.375 e. The normalized spacial score (nSPS) is 17.2. The van der Waals surface area contributed by atoms with E-state index < -0.39 is 5.82 Å². The molecule has 1 unspecified atom stereocenters. The number of aromatic nitrogens is 2. The van der Waals surface area contributed by atoms with Crippen LogP contribution in [-0.2, 0) is 11.2 Å². The van der Waals surface area contributed by atoms with Gasteiger partial charge in [-0.25, -0.2) is 9.37 Å². The number of carbonyl (C=O) groups excluding carboxylic acids is 1. The molecule has 0 bridgehead atoms. The van der Waals surface area contributed by atoms with Crippen molar-refractivity contribution >= 4 is 11.4 Å². The van der Waals surface area contributed by atoms with Crippen molar-refractivity contribution in [1.82, 2.24) is 14.7 Å². The number of benzene rings is 1. The molecule has 1 N–H and O–H groups in total. The number of ketones is 1. The van der Waals surface area contributed by atoms with Crippen molar-refractivity contribution in [2.75, 3.05) is 19.7 Å². The van der Waals surface area contributed by atoms with Gasteiger partial charge in [-0.3, -0.25) is 4.79 Å². The molecule has 1 aliphatic rings. The van der Waals surface area contributed by atoms with Gasteiger partial charge in [-0.1, -0.05) is 0 Å². The largest absolute Gasteiger partial charge is 0.375 e. The number of fused-ring (bicyclic) bond motifs is 1. The molecule has 1 saturated heterocycles. The van der Waals surface area contributed by atoms with Crippen LogP contribution in [0.4, 0.5) is 4.39 Å². The second-order valence-electron chi connectivity index (χ2n) is 7.45. The maximum atomic E-state index is 15.1. The van der Waals surface area contributed by atoms with E-state index in [2.05, 4.69) is 5.32 Å². The molecule has 1 fully saturated rings. The van der Waals surface area contributed by atoms with Crippen LogP contribution in [0.25, 0.3) is 16.9 Å². The number of ether oxygens (including phenoxy) is 1. The smallest absolute Gasteiger partial charge is 0.159 e. The Balaban J connectivity index is 1.88. The quantitative estimate of drug-likeness (QED) is 0.703. The third-order valence-electron chi connectivity index (χ3n) is 5.24. The van der Waals surface area contributed by atoms with Crippen molar-refractivity contribution in [1.29, 1.82) is 0 Å². The lowest BCUT2D eigenvalue weighted by molar-refractivity contribution is 0.0286. The van der Waals surface area contributed by atoms with E-state index in [0.29, 0.717) is 35.4 Å². The molecule has 0 amide bonds. The highest BCUT2D eigenvalue weighted by Crippen LogP contribution is 2.32. The zero-order valence-electron chi connectivity index (χ0n) is 16.4. The van der Waals surface area contributed by atoms with E-state index in [1.54, 1.807) is 6.07 Å². The Morgan fingerprint density at radius 3 is 2.86 bits per heavy atom. The lowest BCUT2D eigenvalue weighted by Gasteiger charge is -2.24. The predicted molar refractivity (Wildman–Crippen MR) is 106 cm³/mol. The van der Waals surface area contributed by atoms with Crippen LogP contribution in [0.2, 0.25) is 0 Å². The first kappa shape index (κ1) is 18.8. The van der Waals surface area contributed by atoms with E-state index in [4.69, 9.17) is 9.72 Å². The molecule has 0 spiro atoms. The fourth-order valence-electron chi connectivity index (χ4n) is 3.81. The summed E-state index contributed by atoms with van der Waals surface area (Å²) in [6.45, 7) is 7.54. The third kappa shape index (κ3) is 3.45. The molecular formula is C22H24FN3O2. The van der Waals surface area contributed by atoms with Crippen molar-refractivity contribution in [3.63, 3.8) is 0 Å². The van der Waals surface area contributed by atoms with E-state index in [0.717, 1.165) is 30.0 Å². The summed E-state index contributed by atoms with van der Waals surface area (Å²) < 4.78 is 23.0. The number of rotatable bonds is 4. The standard InChI is InChI=1S/C22H24FN3O2/c1-13-4-6-26-19(11-17-12-24-5-7-28-17)22(25-20(26)8-13)21-14(2)9-16(15(3)27)10-18(21)23/h4,6,8-10,17,24H,5,7,11-12H2,1-3H3. The fraction of sp³-hybridized carbons (Fsp3) is 0.364. The van der Waals surface area contributed by atoms with Gasteiger partial charge in [-0.05, 0) is 56.2 Å². The summed E-state index contributed by atoms with van der Waals surface area (Å²) in [5, 5.41) is 3.34. The lowest BCUT2D eigenvalue weighted by Crippen LogP contribution is -2.39. The molecule has 146 valence electrons. The number of imidazole rings is 1. The molecule has 28 heavy (non-hydrogen) atoms. The number of morpholine rings is 1. The monoisotopic (exact) mass is 381 g/mol. The molecule has 0 aliphatic carbocycles. The van der Waals surface area contributed by atoms with Crippen LogP contribution >= 0.6 is 0 Å². The van der Waals surface area contributed by atoms with Crippen molar-refractivity contribution in [3.05, 3.63) is 58.7 Å². The Morgan fingerprint density at radius 1 is 1.36 bits per heavy atom. The number of pyridine rings is 1. The van der Waals surface area contributed by atoms with Crippen LogP contribution < -0.4 is 5.32 Å². The number of hydrogen-bond acceptors (Lipinski definition) is 4. The Kier molecular flexibility index (Phi) is 5.00. The van der Waals surface area contributed by atoms with Gasteiger partial charge in [0.15, 0.2) is 5.78 Å². The van der Waals surface area contributed by atoms with Crippen molar-refractivity contribution in [2.24, 2.45) is 0 Å². The van der Waals surface area contributed by atoms with Crippen LogP contribution in [0.1, 0.15) is 34.1 Å². The van der Waals surface area contributed by atoms with Crippen LogP contribution in [0.15, 0.2) is 30.5 Å². The molecule has 1 atom stereocenters. The second kappa shape index (κ2) is 7.45. The van der Waals surface area contributed by atoms with Crippen molar-refractivity contribution in [2.45, 2.75) is 33.3 Å². The molecule has 0 radical (unpaired) electrons.